The number of hydrogen-bond acceptors (Lipinski definition) is 11. The number of anilines is 1. The third kappa shape index (κ3) is 7.61. The fraction of sp³-hybridized carbons (Fsp3) is 0.394. The van der Waals surface area contributed by atoms with Crippen molar-refractivity contribution in [3.63, 3.8) is 0 Å². The highest BCUT2D eigenvalue weighted by Gasteiger charge is 2.43. The van der Waals surface area contributed by atoms with Crippen molar-refractivity contribution in [2.24, 2.45) is 5.73 Å². The van der Waals surface area contributed by atoms with Gasteiger partial charge in [-0.15, -0.1) is 11.8 Å². The number of nitrogens with zero attached hydrogens (tertiary/aromatic N) is 4. The van der Waals surface area contributed by atoms with Crippen molar-refractivity contribution in [1.29, 1.82) is 5.26 Å². The van der Waals surface area contributed by atoms with Gasteiger partial charge in [0.05, 0.1) is 43.0 Å². The molecule has 1 amide bonds. The molecule has 2 aliphatic rings. The van der Waals surface area contributed by atoms with Crippen LogP contribution in [0.15, 0.2) is 82.2 Å². The predicted molar refractivity (Wildman–Crippen MR) is 171 cm³/mol. The molecule has 2 N–H and O–H groups in total. The first-order chi connectivity index (χ1) is 21.5. The van der Waals surface area contributed by atoms with Gasteiger partial charge < -0.3 is 24.8 Å². The Bertz CT molecular complexity index is 1520. The maximum absolute atomic E-state index is 13.4. The van der Waals surface area contributed by atoms with Gasteiger partial charge in [-0.25, -0.2) is 14.4 Å². The molecule has 0 saturated carbocycles. The number of thioether (sulfide) groups is 1. The van der Waals surface area contributed by atoms with Gasteiger partial charge in [-0.1, -0.05) is 42.5 Å². The fourth-order valence-electron chi connectivity index (χ4n) is 5.29. The molecule has 238 valence electrons. The Hall–Kier alpha value is -4.47. The number of nitriles is 1. The number of ether oxygens (including phenoxy) is 3. The maximum Gasteiger partial charge on any atom is 0.410 e. The van der Waals surface area contributed by atoms with Crippen molar-refractivity contribution >= 4 is 35.5 Å². The molecular weight excluding hydrogens is 594 g/mol. The number of carbonyl (C=O) groups is 3. The van der Waals surface area contributed by atoms with Gasteiger partial charge in [-0.3, -0.25) is 9.80 Å². The van der Waals surface area contributed by atoms with Gasteiger partial charge in [0.15, 0.2) is 0 Å². The van der Waals surface area contributed by atoms with Crippen LogP contribution in [0.4, 0.5) is 10.5 Å². The number of para-hydroxylation sites is 1. The molecule has 0 radical (unpaired) electrons. The number of rotatable bonds is 8. The number of allylic oxidation sites excluding steroid dienone is 1. The summed E-state index contributed by atoms with van der Waals surface area (Å²) in [5.74, 6) is -1.79. The Morgan fingerprint density at radius 2 is 1.58 bits per heavy atom. The van der Waals surface area contributed by atoms with Crippen LogP contribution >= 0.6 is 11.8 Å². The van der Waals surface area contributed by atoms with E-state index < -0.39 is 23.5 Å². The van der Waals surface area contributed by atoms with Crippen LogP contribution in [0.5, 0.6) is 0 Å². The van der Waals surface area contributed by atoms with Gasteiger partial charge in [0.2, 0.25) is 0 Å². The van der Waals surface area contributed by atoms with Crippen molar-refractivity contribution in [2.45, 2.75) is 37.2 Å². The summed E-state index contributed by atoms with van der Waals surface area (Å²) in [5.41, 5.74) is 7.25. The van der Waals surface area contributed by atoms with E-state index in [0.29, 0.717) is 43.2 Å². The normalized spacial score (nSPS) is 17.6. The Morgan fingerprint density at radius 3 is 2.18 bits per heavy atom. The number of piperazine rings is 1. The summed E-state index contributed by atoms with van der Waals surface area (Å²) < 4.78 is 15.8. The van der Waals surface area contributed by atoms with Gasteiger partial charge >= 0.3 is 18.0 Å². The molecule has 0 spiro atoms. The molecule has 0 bridgehead atoms. The standard InChI is InChI=1S/C33H39N5O6S/c1-33(2,3)44-32(41)37-17-15-36(16-18-37)19-20-45-25-14-10-9-13-24(25)38-28(31(40)43-5)27(30(39)42-4)26(23(21-34)29(38)35)22-11-7-6-8-12-22/h6-14,26H,15-20,35H2,1-5H3. The summed E-state index contributed by atoms with van der Waals surface area (Å²) in [7, 11) is 2.45. The quantitative estimate of drug-likeness (QED) is 0.254. The van der Waals surface area contributed by atoms with Crippen LogP contribution in [0.25, 0.3) is 0 Å². The van der Waals surface area contributed by atoms with Crippen LogP contribution in [0.3, 0.4) is 0 Å². The van der Waals surface area contributed by atoms with Crippen LogP contribution in [0.2, 0.25) is 0 Å². The average Bonchev–Trinajstić information content (AvgIpc) is 3.03. The smallest absolute Gasteiger partial charge is 0.410 e. The molecule has 1 fully saturated rings. The van der Waals surface area contributed by atoms with Gasteiger partial charge in [0, 0.05) is 43.4 Å². The topological polar surface area (TPSA) is 138 Å². The van der Waals surface area contributed by atoms with E-state index in [1.165, 1.54) is 19.1 Å². The number of carbonyl (C=O) groups excluding carboxylic acids is 3. The molecule has 45 heavy (non-hydrogen) atoms. The lowest BCUT2D eigenvalue weighted by Gasteiger charge is -2.37. The summed E-state index contributed by atoms with van der Waals surface area (Å²) >= 11 is 1.55. The molecule has 0 aromatic heterocycles. The van der Waals surface area contributed by atoms with E-state index >= 15 is 0 Å². The molecule has 1 atom stereocenters. The Balaban J connectivity index is 1.62. The summed E-state index contributed by atoms with van der Waals surface area (Å²) in [6.07, 6.45) is -0.301. The zero-order valence-corrected chi connectivity index (χ0v) is 27.1. The minimum absolute atomic E-state index is 0.0192. The van der Waals surface area contributed by atoms with Crippen molar-refractivity contribution < 1.29 is 28.6 Å². The number of amides is 1. The molecule has 1 saturated heterocycles. The second-order valence-corrected chi connectivity index (χ2v) is 12.6. The number of benzene rings is 2. The van der Waals surface area contributed by atoms with Crippen LogP contribution in [0.1, 0.15) is 32.3 Å². The zero-order chi connectivity index (χ0) is 32.7. The molecule has 1 unspecified atom stereocenters. The Kier molecular flexibility index (Phi) is 10.8. The van der Waals surface area contributed by atoms with Crippen molar-refractivity contribution in [3.05, 3.63) is 82.8 Å². The van der Waals surface area contributed by atoms with E-state index in [4.69, 9.17) is 19.9 Å². The molecular formula is C33H39N5O6S. The molecule has 2 heterocycles. The highest BCUT2D eigenvalue weighted by Crippen LogP contribution is 2.45. The van der Waals surface area contributed by atoms with Gasteiger partial charge in [0.1, 0.15) is 17.1 Å². The van der Waals surface area contributed by atoms with E-state index in [1.807, 2.05) is 39.0 Å². The molecule has 2 aromatic rings. The minimum Gasteiger partial charge on any atom is -0.466 e. The summed E-state index contributed by atoms with van der Waals surface area (Å²) in [4.78, 5) is 45.5. The molecule has 4 rings (SSSR count). The van der Waals surface area contributed by atoms with Gasteiger partial charge in [0.25, 0.3) is 0 Å². The van der Waals surface area contributed by atoms with E-state index in [0.717, 1.165) is 11.4 Å². The number of methoxy groups -OCH3 is 2. The van der Waals surface area contributed by atoms with E-state index in [2.05, 4.69) is 11.0 Å². The summed E-state index contributed by atoms with van der Waals surface area (Å²) in [6, 6.07) is 18.4. The van der Waals surface area contributed by atoms with E-state index in [9.17, 15) is 19.6 Å². The third-order valence-electron chi connectivity index (χ3n) is 7.41. The molecule has 2 aromatic carbocycles. The molecule has 11 nitrogen and oxygen atoms in total. The first kappa shape index (κ1) is 33.4. The first-order valence-electron chi connectivity index (χ1n) is 14.6. The lowest BCUT2D eigenvalue weighted by atomic mass is 9.81. The second kappa shape index (κ2) is 14.5. The lowest BCUT2D eigenvalue weighted by Crippen LogP contribution is -2.50. The Morgan fingerprint density at radius 1 is 0.956 bits per heavy atom. The van der Waals surface area contributed by atoms with Crippen molar-refractivity contribution in [2.75, 3.05) is 57.6 Å². The second-order valence-electron chi connectivity index (χ2n) is 11.5. The van der Waals surface area contributed by atoms with Gasteiger partial charge in [-0.05, 0) is 38.5 Å². The van der Waals surface area contributed by atoms with Crippen molar-refractivity contribution in [1.82, 2.24) is 9.80 Å². The lowest BCUT2D eigenvalue weighted by molar-refractivity contribution is -0.139. The van der Waals surface area contributed by atoms with Crippen LogP contribution in [0, 0.1) is 11.3 Å². The predicted octanol–water partition coefficient (Wildman–Crippen LogP) is 4.23. The highest BCUT2D eigenvalue weighted by atomic mass is 32.2. The third-order valence-corrected chi connectivity index (χ3v) is 8.45. The van der Waals surface area contributed by atoms with Crippen LogP contribution in [-0.4, -0.2) is 86.1 Å². The number of esters is 2. The van der Waals surface area contributed by atoms with E-state index in [1.54, 1.807) is 53.1 Å². The monoisotopic (exact) mass is 633 g/mol. The van der Waals surface area contributed by atoms with Crippen LogP contribution in [-0.2, 0) is 23.8 Å². The summed E-state index contributed by atoms with van der Waals surface area (Å²) in [6.45, 7) is 8.90. The zero-order valence-electron chi connectivity index (χ0n) is 26.2. The summed E-state index contributed by atoms with van der Waals surface area (Å²) in [5, 5.41) is 10.3. The number of hydrogen-bond donors (Lipinski definition) is 1. The largest absolute Gasteiger partial charge is 0.466 e. The van der Waals surface area contributed by atoms with Crippen LogP contribution < -0.4 is 10.6 Å². The van der Waals surface area contributed by atoms with E-state index in [-0.39, 0.29) is 28.8 Å². The van der Waals surface area contributed by atoms with Gasteiger partial charge in [-0.2, -0.15) is 5.26 Å². The maximum atomic E-state index is 13.4. The minimum atomic E-state index is -0.937. The average molecular weight is 634 g/mol. The fourth-order valence-corrected chi connectivity index (χ4v) is 6.34. The molecule has 2 aliphatic heterocycles. The Labute approximate surface area is 268 Å². The molecule has 0 aliphatic carbocycles. The SMILES string of the molecule is COC(=O)C1=C(C(=O)OC)N(c2ccccc2SCCN2CCN(C(=O)OC(C)(C)C)CC2)C(N)=C(C#N)C1c1ccccc1. The first-order valence-corrected chi connectivity index (χ1v) is 15.6. The molecule has 12 heteroatoms. The van der Waals surface area contributed by atoms with Crippen molar-refractivity contribution in [3.8, 4) is 6.07 Å². The highest BCUT2D eigenvalue weighted by molar-refractivity contribution is 7.99. The number of nitrogens with two attached hydrogens (primary N) is 1.